The van der Waals surface area contributed by atoms with Crippen molar-refractivity contribution in [3.8, 4) is 0 Å². The number of aromatic nitrogens is 3. The van der Waals surface area contributed by atoms with E-state index >= 15 is 0 Å². The fraction of sp³-hybridized carbons (Fsp3) is 0.167. The molecular weight excluding hydrogens is 375 g/mol. The highest BCUT2D eigenvalue weighted by Gasteiger charge is 2.13. The minimum atomic E-state index is -0.451. The number of hydrogen-bond acceptors (Lipinski definition) is 4. The van der Waals surface area contributed by atoms with E-state index in [0.29, 0.717) is 17.3 Å². The average molecular weight is 391 g/mol. The molecule has 1 aromatic heterocycles. The number of nitrogens with one attached hydrogen (secondary N) is 1. The molecule has 0 atom stereocenters. The first-order chi connectivity index (χ1) is 12.5. The van der Waals surface area contributed by atoms with Crippen LogP contribution in [0, 0.1) is 5.82 Å². The maximum Gasteiger partial charge on any atom is 0.234 e. The lowest BCUT2D eigenvalue weighted by atomic mass is 10.1. The van der Waals surface area contributed by atoms with Gasteiger partial charge in [0.2, 0.25) is 5.91 Å². The average Bonchev–Trinajstić information content (AvgIpc) is 2.96. The quantitative estimate of drug-likeness (QED) is 0.648. The van der Waals surface area contributed by atoms with Gasteiger partial charge in [-0.15, -0.1) is 10.2 Å². The van der Waals surface area contributed by atoms with E-state index in [1.165, 1.54) is 23.9 Å². The predicted molar refractivity (Wildman–Crippen MR) is 101 cm³/mol. The van der Waals surface area contributed by atoms with Crippen LogP contribution < -0.4 is 5.32 Å². The van der Waals surface area contributed by atoms with Crippen LogP contribution in [0.2, 0.25) is 5.02 Å². The van der Waals surface area contributed by atoms with E-state index in [1.54, 1.807) is 0 Å². The molecule has 1 amide bonds. The Kier molecular flexibility index (Phi) is 5.90. The molecule has 0 saturated carbocycles. The molecule has 3 rings (SSSR count). The standard InChI is InChI=1S/C18H16ClFN4OS/c1-24-16(9-12-5-3-2-4-6-12)22-23-18(24)26-11-17(25)21-15-8-7-13(20)10-14(15)19/h2-8,10H,9,11H2,1H3,(H,21,25). The summed E-state index contributed by atoms with van der Waals surface area (Å²) in [5.41, 5.74) is 1.52. The summed E-state index contributed by atoms with van der Waals surface area (Å²) in [5, 5.41) is 11.8. The Hall–Kier alpha value is -2.38. The van der Waals surface area contributed by atoms with Crippen molar-refractivity contribution >= 4 is 35.0 Å². The summed E-state index contributed by atoms with van der Waals surface area (Å²) in [6.07, 6.45) is 0.669. The second-order valence-corrected chi connectivity index (χ2v) is 6.93. The predicted octanol–water partition coefficient (Wildman–Crippen LogP) is 3.93. The van der Waals surface area contributed by atoms with Crippen molar-refractivity contribution in [1.29, 1.82) is 0 Å². The zero-order chi connectivity index (χ0) is 18.5. The molecule has 2 aromatic carbocycles. The van der Waals surface area contributed by atoms with Gasteiger partial charge in [-0.2, -0.15) is 0 Å². The molecule has 0 aliphatic heterocycles. The number of nitrogens with zero attached hydrogens (tertiary/aromatic N) is 3. The zero-order valence-electron chi connectivity index (χ0n) is 13.9. The summed E-state index contributed by atoms with van der Waals surface area (Å²) in [4.78, 5) is 12.1. The van der Waals surface area contributed by atoms with E-state index in [2.05, 4.69) is 15.5 Å². The lowest BCUT2D eigenvalue weighted by molar-refractivity contribution is -0.113. The summed E-state index contributed by atoms with van der Waals surface area (Å²) < 4.78 is 14.9. The van der Waals surface area contributed by atoms with Gasteiger partial charge in [0, 0.05) is 13.5 Å². The van der Waals surface area contributed by atoms with Crippen LogP contribution in [0.1, 0.15) is 11.4 Å². The summed E-state index contributed by atoms with van der Waals surface area (Å²) in [6, 6.07) is 13.8. The van der Waals surface area contributed by atoms with Crippen LogP contribution in [-0.4, -0.2) is 26.4 Å². The summed E-state index contributed by atoms with van der Waals surface area (Å²) in [5.74, 6) is 0.259. The fourth-order valence-corrected chi connectivity index (χ4v) is 3.25. The van der Waals surface area contributed by atoms with Crippen molar-refractivity contribution in [2.75, 3.05) is 11.1 Å². The highest BCUT2D eigenvalue weighted by Crippen LogP contribution is 2.23. The Labute approximate surface area is 159 Å². The van der Waals surface area contributed by atoms with Crippen LogP contribution in [0.5, 0.6) is 0 Å². The molecule has 0 radical (unpaired) electrons. The van der Waals surface area contributed by atoms with Crippen molar-refractivity contribution in [2.24, 2.45) is 7.05 Å². The molecule has 0 bridgehead atoms. The Morgan fingerprint density at radius 1 is 1.23 bits per heavy atom. The Morgan fingerprint density at radius 2 is 2.00 bits per heavy atom. The van der Waals surface area contributed by atoms with E-state index in [1.807, 2.05) is 41.9 Å². The van der Waals surface area contributed by atoms with Gasteiger partial charge in [-0.3, -0.25) is 4.79 Å². The van der Waals surface area contributed by atoms with Gasteiger partial charge in [-0.05, 0) is 23.8 Å². The first-order valence-electron chi connectivity index (χ1n) is 7.83. The second-order valence-electron chi connectivity index (χ2n) is 5.58. The first kappa shape index (κ1) is 18.4. The minimum Gasteiger partial charge on any atom is -0.324 e. The summed E-state index contributed by atoms with van der Waals surface area (Å²) in [7, 11) is 1.87. The third-order valence-corrected chi connectivity index (χ3v) is 5.00. The van der Waals surface area contributed by atoms with Crippen LogP contribution in [0.25, 0.3) is 0 Å². The number of carbonyl (C=O) groups is 1. The van der Waals surface area contributed by atoms with Crippen molar-refractivity contribution in [3.63, 3.8) is 0 Å². The molecule has 1 N–H and O–H groups in total. The number of halogens is 2. The number of thioether (sulfide) groups is 1. The van der Waals surface area contributed by atoms with Crippen molar-refractivity contribution in [3.05, 3.63) is 70.8 Å². The van der Waals surface area contributed by atoms with Crippen molar-refractivity contribution in [1.82, 2.24) is 14.8 Å². The van der Waals surface area contributed by atoms with Gasteiger partial charge in [0.1, 0.15) is 11.6 Å². The SMILES string of the molecule is Cn1c(Cc2ccccc2)nnc1SCC(=O)Nc1ccc(F)cc1Cl. The fourth-order valence-electron chi connectivity index (χ4n) is 2.31. The van der Waals surface area contributed by atoms with E-state index < -0.39 is 5.82 Å². The summed E-state index contributed by atoms with van der Waals surface area (Å²) >= 11 is 7.18. The van der Waals surface area contributed by atoms with Crippen LogP contribution >= 0.6 is 23.4 Å². The van der Waals surface area contributed by atoms with E-state index in [-0.39, 0.29) is 16.7 Å². The zero-order valence-corrected chi connectivity index (χ0v) is 15.5. The maximum absolute atomic E-state index is 13.0. The monoisotopic (exact) mass is 390 g/mol. The highest BCUT2D eigenvalue weighted by molar-refractivity contribution is 7.99. The van der Waals surface area contributed by atoms with Crippen LogP contribution in [0.4, 0.5) is 10.1 Å². The molecule has 134 valence electrons. The molecular formula is C18H16ClFN4OS. The molecule has 0 aliphatic rings. The lowest BCUT2D eigenvalue weighted by Crippen LogP contribution is -2.15. The van der Waals surface area contributed by atoms with Gasteiger partial charge >= 0.3 is 0 Å². The van der Waals surface area contributed by atoms with Gasteiger partial charge in [0.25, 0.3) is 0 Å². The first-order valence-corrected chi connectivity index (χ1v) is 9.19. The van der Waals surface area contributed by atoms with Gasteiger partial charge in [0.05, 0.1) is 16.5 Å². The molecule has 3 aromatic rings. The molecule has 1 heterocycles. The van der Waals surface area contributed by atoms with Crippen LogP contribution in [-0.2, 0) is 18.3 Å². The van der Waals surface area contributed by atoms with Gasteiger partial charge in [-0.25, -0.2) is 4.39 Å². The molecule has 26 heavy (non-hydrogen) atoms. The molecule has 0 fully saturated rings. The van der Waals surface area contributed by atoms with E-state index in [0.717, 1.165) is 17.5 Å². The normalized spacial score (nSPS) is 10.7. The Bertz CT molecular complexity index is 917. The molecule has 0 saturated heterocycles. The second kappa shape index (κ2) is 8.33. The number of rotatable bonds is 6. The number of hydrogen-bond donors (Lipinski definition) is 1. The smallest absolute Gasteiger partial charge is 0.234 e. The van der Waals surface area contributed by atoms with E-state index in [9.17, 15) is 9.18 Å². The van der Waals surface area contributed by atoms with Crippen LogP contribution in [0.15, 0.2) is 53.7 Å². The summed E-state index contributed by atoms with van der Waals surface area (Å²) in [6.45, 7) is 0. The topological polar surface area (TPSA) is 59.8 Å². The maximum atomic E-state index is 13.0. The Morgan fingerprint density at radius 3 is 2.73 bits per heavy atom. The number of carbonyl (C=O) groups excluding carboxylic acids is 1. The molecule has 5 nitrogen and oxygen atoms in total. The number of amides is 1. The third kappa shape index (κ3) is 4.62. The van der Waals surface area contributed by atoms with E-state index in [4.69, 9.17) is 11.6 Å². The minimum absolute atomic E-state index is 0.144. The molecule has 0 aliphatic carbocycles. The lowest BCUT2D eigenvalue weighted by Gasteiger charge is -2.07. The van der Waals surface area contributed by atoms with Crippen molar-refractivity contribution < 1.29 is 9.18 Å². The molecule has 8 heteroatoms. The molecule has 0 spiro atoms. The highest BCUT2D eigenvalue weighted by atomic mass is 35.5. The van der Waals surface area contributed by atoms with Gasteiger partial charge in [0.15, 0.2) is 5.16 Å². The van der Waals surface area contributed by atoms with Gasteiger partial charge < -0.3 is 9.88 Å². The number of benzene rings is 2. The Balaban J connectivity index is 1.58. The third-order valence-electron chi connectivity index (χ3n) is 3.67. The molecule has 0 unspecified atom stereocenters. The van der Waals surface area contributed by atoms with Crippen LogP contribution in [0.3, 0.4) is 0 Å². The number of anilines is 1. The van der Waals surface area contributed by atoms with Crippen molar-refractivity contribution in [2.45, 2.75) is 11.6 Å². The largest absolute Gasteiger partial charge is 0.324 e. The van der Waals surface area contributed by atoms with Gasteiger partial charge in [-0.1, -0.05) is 53.7 Å².